The first-order valence-electron chi connectivity index (χ1n) is 5.70. The number of nitrogens with zero attached hydrogens (tertiary/aromatic N) is 1. The summed E-state index contributed by atoms with van der Waals surface area (Å²) in [6.45, 7) is 4.37. The molecule has 1 unspecified atom stereocenters. The fourth-order valence-electron chi connectivity index (χ4n) is 2.37. The maximum Gasteiger partial charge on any atom is 0.337 e. The zero-order valence-electron chi connectivity index (χ0n) is 10.2. The molecule has 0 bridgehead atoms. The average Bonchev–Trinajstić information content (AvgIpc) is 2.59. The van der Waals surface area contributed by atoms with Crippen molar-refractivity contribution in [1.29, 1.82) is 0 Å². The Bertz CT molecular complexity index is 615. The molecule has 96 valence electrons. The van der Waals surface area contributed by atoms with Gasteiger partial charge in [0.2, 0.25) is 0 Å². The molecular weight excluding hydrogens is 234 g/mol. The lowest BCUT2D eigenvalue weighted by Crippen LogP contribution is -2.11. The molecule has 18 heavy (non-hydrogen) atoms. The number of aromatic hydroxyl groups is 1. The molecule has 0 radical (unpaired) electrons. The van der Waals surface area contributed by atoms with Gasteiger partial charge in [0.05, 0.1) is 0 Å². The van der Waals surface area contributed by atoms with Crippen molar-refractivity contribution in [3.05, 3.63) is 29.5 Å². The predicted molar refractivity (Wildman–Crippen MR) is 66.6 cm³/mol. The maximum atomic E-state index is 11.0. The summed E-state index contributed by atoms with van der Waals surface area (Å²) in [5.74, 6) is -1.24. The summed E-state index contributed by atoms with van der Waals surface area (Å²) < 4.78 is 1.91. The van der Waals surface area contributed by atoms with Crippen LogP contribution < -0.4 is 0 Å². The van der Waals surface area contributed by atoms with Gasteiger partial charge in [-0.1, -0.05) is 0 Å². The molecule has 1 heterocycles. The van der Waals surface area contributed by atoms with Crippen molar-refractivity contribution < 1.29 is 20.1 Å². The predicted octanol–water partition coefficient (Wildman–Crippen LogP) is 1.79. The van der Waals surface area contributed by atoms with Crippen LogP contribution in [0.5, 0.6) is 5.75 Å². The number of aliphatic hydroxyl groups is 1. The first-order chi connectivity index (χ1) is 8.47. The van der Waals surface area contributed by atoms with Crippen LogP contribution in [0.15, 0.2) is 18.2 Å². The van der Waals surface area contributed by atoms with Crippen LogP contribution in [0.25, 0.3) is 10.9 Å². The lowest BCUT2D eigenvalue weighted by molar-refractivity contribution is -0.146. The summed E-state index contributed by atoms with van der Waals surface area (Å²) in [5, 5.41) is 28.8. The summed E-state index contributed by atoms with van der Waals surface area (Å²) in [4.78, 5) is 11.0. The van der Waals surface area contributed by atoms with Crippen LogP contribution in [-0.4, -0.2) is 25.9 Å². The number of fused-ring (bicyclic) bond motifs is 1. The van der Waals surface area contributed by atoms with Crippen LogP contribution in [0, 0.1) is 6.92 Å². The molecule has 5 heteroatoms. The van der Waals surface area contributed by atoms with Gasteiger partial charge < -0.3 is 19.9 Å². The van der Waals surface area contributed by atoms with Crippen LogP contribution in [0.3, 0.4) is 0 Å². The van der Waals surface area contributed by atoms with Gasteiger partial charge in [-0.15, -0.1) is 0 Å². The number of carboxylic acids is 1. The highest BCUT2D eigenvalue weighted by molar-refractivity contribution is 5.91. The highest BCUT2D eigenvalue weighted by Gasteiger charge is 2.24. The number of phenols is 1. The topological polar surface area (TPSA) is 82.7 Å². The van der Waals surface area contributed by atoms with Gasteiger partial charge in [0.25, 0.3) is 0 Å². The van der Waals surface area contributed by atoms with E-state index in [4.69, 9.17) is 5.11 Å². The minimum absolute atomic E-state index is 0.0505. The second-order valence-electron chi connectivity index (χ2n) is 4.19. The van der Waals surface area contributed by atoms with Crippen LogP contribution in [0.4, 0.5) is 0 Å². The van der Waals surface area contributed by atoms with Gasteiger partial charge in [0, 0.05) is 28.7 Å². The molecule has 0 aliphatic carbocycles. The van der Waals surface area contributed by atoms with Gasteiger partial charge in [-0.05, 0) is 32.0 Å². The fourth-order valence-corrected chi connectivity index (χ4v) is 2.37. The smallest absolute Gasteiger partial charge is 0.337 e. The van der Waals surface area contributed by atoms with E-state index in [1.54, 1.807) is 19.1 Å². The Morgan fingerprint density at radius 3 is 2.67 bits per heavy atom. The fraction of sp³-hybridized carbons (Fsp3) is 0.308. The van der Waals surface area contributed by atoms with Crippen molar-refractivity contribution in [3.8, 4) is 5.75 Å². The third-order valence-corrected chi connectivity index (χ3v) is 3.18. The third-order valence-electron chi connectivity index (χ3n) is 3.18. The minimum Gasteiger partial charge on any atom is -0.508 e. The molecule has 3 N–H and O–H groups in total. The molecule has 0 saturated heterocycles. The van der Waals surface area contributed by atoms with Gasteiger partial charge in [-0.25, -0.2) is 4.79 Å². The van der Waals surface area contributed by atoms with E-state index >= 15 is 0 Å². The summed E-state index contributed by atoms with van der Waals surface area (Å²) in [7, 11) is 0. The second kappa shape index (κ2) is 4.34. The number of carbonyl (C=O) groups is 1. The number of hydrogen-bond donors (Lipinski definition) is 3. The molecule has 1 aromatic carbocycles. The SMILES string of the molecule is CCn1c(C)c(C(O)C(=O)O)c2cc(O)ccc21. The van der Waals surface area contributed by atoms with E-state index in [2.05, 4.69) is 0 Å². The number of aromatic nitrogens is 1. The van der Waals surface area contributed by atoms with Gasteiger partial charge in [-0.3, -0.25) is 0 Å². The summed E-state index contributed by atoms with van der Waals surface area (Å²) in [5.41, 5.74) is 1.85. The Morgan fingerprint density at radius 1 is 1.44 bits per heavy atom. The number of aryl methyl sites for hydroxylation is 1. The van der Waals surface area contributed by atoms with Crippen molar-refractivity contribution in [3.63, 3.8) is 0 Å². The quantitative estimate of drug-likeness (QED) is 0.774. The Balaban J connectivity index is 2.82. The number of carboxylic acid groups (broad SMARTS) is 1. The van der Waals surface area contributed by atoms with Gasteiger partial charge in [0.1, 0.15) is 5.75 Å². The lowest BCUT2D eigenvalue weighted by atomic mass is 10.1. The number of benzene rings is 1. The van der Waals surface area contributed by atoms with Crippen molar-refractivity contribution in [1.82, 2.24) is 4.57 Å². The molecular formula is C13H15NO4. The summed E-state index contributed by atoms with van der Waals surface area (Å²) in [6, 6.07) is 4.75. The van der Waals surface area contributed by atoms with Gasteiger partial charge in [-0.2, -0.15) is 0 Å². The van der Waals surface area contributed by atoms with Crippen molar-refractivity contribution >= 4 is 16.9 Å². The van der Waals surface area contributed by atoms with Gasteiger partial charge in [0.15, 0.2) is 6.10 Å². The minimum atomic E-state index is -1.58. The molecule has 1 aromatic heterocycles. The van der Waals surface area contributed by atoms with E-state index in [9.17, 15) is 15.0 Å². The van der Waals surface area contributed by atoms with Crippen LogP contribution in [-0.2, 0) is 11.3 Å². The zero-order chi connectivity index (χ0) is 13.4. The van der Waals surface area contributed by atoms with Crippen molar-refractivity contribution in [2.75, 3.05) is 0 Å². The second-order valence-corrected chi connectivity index (χ2v) is 4.19. The van der Waals surface area contributed by atoms with Crippen LogP contribution in [0.1, 0.15) is 24.3 Å². The molecule has 0 spiro atoms. The van der Waals surface area contributed by atoms with Crippen LogP contribution in [0.2, 0.25) is 0 Å². The Hall–Kier alpha value is -2.01. The first-order valence-corrected chi connectivity index (χ1v) is 5.70. The number of rotatable bonds is 3. The molecule has 5 nitrogen and oxygen atoms in total. The average molecular weight is 249 g/mol. The number of hydrogen-bond acceptors (Lipinski definition) is 3. The molecule has 2 rings (SSSR count). The number of phenolic OH excluding ortho intramolecular Hbond substituents is 1. The summed E-state index contributed by atoms with van der Waals surface area (Å²) >= 11 is 0. The van der Waals surface area contributed by atoms with E-state index < -0.39 is 12.1 Å². The number of aliphatic hydroxyl groups excluding tert-OH is 1. The van der Waals surface area contributed by atoms with Crippen molar-refractivity contribution in [2.24, 2.45) is 0 Å². The van der Waals surface area contributed by atoms with E-state index in [1.807, 2.05) is 11.5 Å². The molecule has 0 saturated carbocycles. The van der Waals surface area contributed by atoms with Crippen molar-refractivity contribution in [2.45, 2.75) is 26.5 Å². The first kappa shape index (κ1) is 12.4. The third kappa shape index (κ3) is 1.73. The zero-order valence-corrected chi connectivity index (χ0v) is 10.2. The highest BCUT2D eigenvalue weighted by Crippen LogP contribution is 2.33. The maximum absolute atomic E-state index is 11.0. The Labute approximate surface area is 104 Å². The molecule has 0 fully saturated rings. The monoisotopic (exact) mass is 249 g/mol. The van der Waals surface area contributed by atoms with Crippen LogP contribution >= 0.6 is 0 Å². The molecule has 0 aliphatic rings. The van der Waals surface area contributed by atoms with E-state index in [1.165, 1.54) is 6.07 Å². The molecule has 0 aliphatic heterocycles. The standard InChI is InChI=1S/C13H15NO4/c1-3-14-7(2)11(12(16)13(17)18)9-6-8(15)4-5-10(9)14/h4-6,12,15-16H,3H2,1-2H3,(H,17,18). The van der Waals surface area contributed by atoms with Gasteiger partial charge >= 0.3 is 5.97 Å². The van der Waals surface area contributed by atoms with E-state index in [-0.39, 0.29) is 5.75 Å². The Morgan fingerprint density at radius 2 is 2.11 bits per heavy atom. The Kier molecular flexibility index (Phi) is 3.00. The molecule has 2 aromatic rings. The number of aliphatic carboxylic acids is 1. The van der Waals surface area contributed by atoms with E-state index in [0.29, 0.717) is 23.2 Å². The normalized spacial score (nSPS) is 12.8. The lowest BCUT2D eigenvalue weighted by Gasteiger charge is -2.07. The molecule has 1 atom stereocenters. The highest BCUT2D eigenvalue weighted by atomic mass is 16.4. The van der Waals surface area contributed by atoms with E-state index in [0.717, 1.165) is 5.52 Å². The molecule has 0 amide bonds. The largest absolute Gasteiger partial charge is 0.508 e. The summed E-state index contributed by atoms with van der Waals surface area (Å²) in [6.07, 6.45) is -1.58.